The lowest BCUT2D eigenvalue weighted by Crippen LogP contribution is -2.26. The van der Waals surface area contributed by atoms with E-state index in [-0.39, 0.29) is 0 Å². The van der Waals surface area contributed by atoms with Crippen molar-refractivity contribution in [1.29, 1.82) is 0 Å². The summed E-state index contributed by atoms with van der Waals surface area (Å²) in [5, 5.41) is 6.79. The van der Waals surface area contributed by atoms with Crippen LogP contribution in [-0.2, 0) is 0 Å². The molecule has 2 aromatic rings. The summed E-state index contributed by atoms with van der Waals surface area (Å²) >= 11 is 0. The first-order chi connectivity index (χ1) is 16.0. The highest BCUT2D eigenvalue weighted by atomic mass is 15.0. The van der Waals surface area contributed by atoms with Crippen LogP contribution in [0.15, 0.2) is 45.6 Å². The van der Waals surface area contributed by atoms with Crippen molar-refractivity contribution in [1.82, 2.24) is 10.6 Å². The van der Waals surface area contributed by atoms with Gasteiger partial charge in [0.2, 0.25) is 0 Å². The van der Waals surface area contributed by atoms with E-state index >= 15 is 0 Å². The van der Waals surface area contributed by atoms with Crippen molar-refractivity contribution in [3.63, 3.8) is 0 Å². The van der Waals surface area contributed by atoms with Crippen LogP contribution in [0.1, 0.15) is 61.1 Å². The monoisotopic (exact) mass is 456 g/mol. The zero-order valence-corrected chi connectivity index (χ0v) is 22.6. The molecule has 4 nitrogen and oxygen atoms in total. The second-order valence-corrected chi connectivity index (χ2v) is 9.24. The fourth-order valence-corrected chi connectivity index (χ4v) is 4.22. The highest BCUT2D eigenvalue weighted by Gasteiger charge is 2.01. The number of nitrogens with zero attached hydrogens (tertiary/aromatic N) is 2. The molecule has 0 amide bonds. The van der Waals surface area contributed by atoms with Crippen LogP contribution in [0.25, 0.3) is 0 Å². The van der Waals surface area contributed by atoms with Crippen LogP contribution in [0.2, 0.25) is 0 Å². The average molecular weight is 457 g/mol. The van der Waals surface area contributed by atoms with E-state index in [9.17, 15) is 0 Å². The van der Waals surface area contributed by atoms with Crippen molar-refractivity contribution in [3.8, 4) is 0 Å². The van der Waals surface area contributed by atoms with E-state index in [1.165, 1.54) is 33.4 Å². The zero-order chi connectivity index (χ0) is 25.4. The Bertz CT molecular complexity index is 1010. The number of benzene rings is 2. The van der Waals surface area contributed by atoms with E-state index in [0.717, 1.165) is 47.3 Å². The van der Waals surface area contributed by atoms with Gasteiger partial charge in [-0.2, -0.15) is 11.4 Å². The third-order valence-corrected chi connectivity index (χ3v) is 5.47. The largest absolute Gasteiger partial charge is 0.430 e. The maximum atomic E-state index is 4.78. The van der Waals surface area contributed by atoms with Crippen LogP contribution in [0.4, 0.5) is 11.4 Å². The van der Waals surface area contributed by atoms with Gasteiger partial charge in [0.1, 0.15) is 0 Å². The number of hydrogen-bond donors (Lipinski definition) is 2. The number of allylic oxidation sites excluding steroid dienone is 4. The molecule has 0 aromatic heterocycles. The minimum absolute atomic E-state index is 0.778. The summed E-state index contributed by atoms with van der Waals surface area (Å²) in [7, 11) is 0. The number of aliphatic imine (C=N–C) groups is 2. The summed E-state index contributed by atoms with van der Waals surface area (Å²) in [6, 6.07) is 8.67. The Morgan fingerprint density at radius 3 is 1.18 bits per heavy atom. The molecular formula is C30H40N4-2. The first-order valence-corrected chi connectivity index (χ1v) is 11.9. The van der Waals surface area contributed by atoms with Crippen molar-refractivity contribution in [3.05, 3.63) is 81.2 Å². The van der Waals surface area contributed by atoms with Gasteiger partial charge in [-0.3, -0.25) is 9.98 Å². The first-order valence-electron chi connectivity index (χ1n) is 11.9. The highest BCUT2D eigenvalue weighted by Crippen LogP contribution is 2.26. The van der Waals surface area contributed by atoms with E-state index in [1.807, 2.05) is 27.7 Å². The van der Waals surface area contributed by atoms with Crippen molar-refractivity contribution in [2.45, 2.75) is 69.2 Å². The molecular weight excluding hydrogens is 416 g/mol. The number of rotatable bonds is 9. The van der Waals surface area contributed by atoms with Gasteiger partial charge in [0, 0.05) is 13.1 Å². The third-order valence-electron chi connectivity index (χ3n) is 5.47. The minimum Gasteiger partial charge on any atom is -0.430 e. The van der Waals surface area contributed by atoms with E-state index in [0.29, 0.717) is 0 Å². The van der Waals surface area contributed by atoms with Gasteiger partial charge in [-0.1, -0.05) is 63.1 Å². The molecule has 0 aliphatic carbocycles. The fraction of sp³-hybridized carbons (Fsp3) is 0.400. The topological polar surface area (TPSA) is 48.8 Å². The summed E-state index contributed by atoms with van der Waals surface area (Å²) in [4.78, 5) is 9.56. The third kappa shape index (κ3) is 8.33. The van der Waals surface area contributed by atoms with Gasteiger partial charge in [-0.05, 0) is 63.8 Å². The van der Waals surface area contributed by atoms with Crippen LogP contribution in [0.5, 0.6) is 0 Å². The van der Waals surface area contributed by atoms with Gasteiger partial charge < -0.3 is 22.8 Å². The van der Waals surface area contributed by atoms with E-state index < -0.39 is 0 Å². The Balaban J connectivity index is 1.91. The van der Waals surface area contributed by atoms with Crippen LogP contribution in [-0.4, -0.2) is 24.5 Å². The summed E-state index contributed by atoms with van der Waals surface area (Å²) in [6.07, 6.45) is 6.69. The van der Waals surface area contributed by atoms with E-state index in [4.69, 9.17) is 9.98 Å². The van der Waals surface area contributed by atoms with Crippen molar-refractivity contribution >= 4 is 22.8 Å². The lowest BCUT2D eigenvalue weighted by molar-refractivity contribution is 0.715. The standard InChI is InChI=1S/C30H40N4/c1-19-13-21(3)29(22(4)14-19)33-27(9)17-25(7)31-11-12-32-26(8)18-28(10)34-30-23(5)15-20(2)16-24(30)6/h13-16,31-32H,11-12H2,1-10H3/q-2. The fourth-order valence-electron chi connectivity index (χ4n) is 4.22. The Labute approximate surface area is 207 Å². The zero-order valence-electron chi connectivity index (χ0n) is 22.6. The van der Waals surface area contributed by atoms with Crippen LogP contribution in [0, 0.1) is 53.7 Å². The van der Waals surface area contributed by atoms with Gasteiger partial charge >= 0.3 is 0 Å². The molecule has 0 saturated heterocycles. The van der Waals surface area contributed by atoms with Crippen molar-refractivity contribution in [2.75, 3.05) is 13.1 Å². The molecule has 0 aliphatic rings. The molecule has 0 unspecified atom stereocenters. The molecule has 0 spiro atoms. The predicted molar refractivity (Wildman–Crippen MR) is 148 cm³/mol. The van der Waals surface area contributed by atoms with E-state index in [2.05, 4.69) is 88.6 Å². The molecule has 0 atom stereocenters. The Morgan fingerprint density at radius 2 is 0.882 bits per heavy atom. The molecule has 2 aromatic carbocycles. The maximum Gasteiger partial charge on any atom is 0.0656 e. The summed E-state index contributed by atoms with van der Waals surface area (Å²) in [6.45, 7) is 22.2. The van der Waals surface area contributed by atoms with Crippen molar-refractivity contribution in [2.24, 2.45) is 9.98 Å². The molecule has 2 rings (SSSR count). The molecule has 2 N–H and O–H groups in total. The smallest absolute Gasteiger partial charge is 0.0656 e. The van der Waals surface area contributed by atoms with Gasteiger partial charge in [0.05, 0.1) is 11.4 Å². The lowest BCUT2D eigenvalue weighted by atomic mass is 10.1. The highest BCUT2D eigenvalue weighted by molar-refractivity contribution is 5.92. The Hall–Kier alpha value is -3.14. The number of aryl methyl sites for hydroxylation is 6. The minimum atomic E-state index is 0.778. The summed E-state index contributed by atoms with van der Waals surface area (Å²) in [5.74, 6) is 0. The van der Waals surface area contributed by atoms with Crippen LogP contribution < -0.4 is 10.6 Å². The maximum absolute atomic E-state index is 4.78. The molecule has 0 aliphatic heterocycles. The molecule has 182 valence electrons. The van der Waals surface area contributed by atoms with Crippen LogP contribution in [0.3, 0.4) is 0 Å². The van der Waals surface area contributed by atoms with E-state index in [1.54, 1.807) is 0 Å². The lowest BCUT2D eigenvalue weighted by Gasteiger charge is -2.21. The summed E-state index contributed by atoms with van der Waals surface area (Å²) in [5.41, 5.74) is 13.0. The number of hydrogen-bond acceptors (Lipinski definition) is 4. The molecule has 0 fully saturated rings. The Kier molecular flexibility index (Phi) is 9.85. The average Bonchev–Trinajstić information content (AvgIpc) is 2.70. The molecule has 0 saturated carbocycles. The number of nitrogens with one attached hydrogen (secondary N) is 2. The Morgan fingerprint density at radius 1 is 0.588 bits per heavy atom. The second kappa shape index (κ2) is 12.4. The molecule has 0 radical (unpaired) electrons. The normalized spacial score (nSPS) is 13.4. The van der Waals surface area contributed by atoms with Gasteiger partial charge in [-0.25, -0.2) is 0 Å². The van der Waals surface area contributed by atoms with Gasteiger partial charge in [0.25, 0.3) is 0 Å². The molecule has 4 heteroatoms. The van der Waals surface area contributed by atoms with Gasteiger partial charge in [-0.15, -0.1) is 11.4 Å². The second-order valence-electron chi connectivity index (χ2n) is 9.24. The molecule has 0 heterocycles. The predicted octanol–water partition coefficient (Wildman–Crippen LogP) is 7.02. The summed E-state index contributed by atoms with van der Waals surface area (Å²) < 4.78 is 0. The molecule has 0 bridgehead atoms. The quantitative estimate of drug-likeness (QED) is 0.242. The van der Waals surface area contributed by atoms with Crippen molar-refractivity contribution < 1.29 is 0 Å². The van der Waals surface area contributed by atoms with Gasteiger partial charge in [0.15, 0.2) is 0 Å². The SMILES string of the molecule is CC(=[C-]C(C)=Nc1c(C)cc(C)cc1C)NCCNC(C)=[C-]C(C)=Nc1c(C)cc(C)cc1C. The van der Waals surface area contributed by atoms with Crippen LogP contribution >= 0.6 is 0 Å². The first kappa shape index (κ1) is 27.1. The molecule has 34 heavy (non-hydrogen) atoms.